The van der Waals surface area contributed by atoms with Crippen molar-refractivity contribution in [1.29, 1.82) is 5.53 Å². The van der Waals surface area contributed by atoms with Gasteiger partial charge in [0.25, 0.3) is 5.56 Å². The van der Waals surface area contributed by atoms with Crippen LogP contribution in [0.3, 0.4) is 0 Å². The first-order valence-corrected chi connectivity index (χ1v) is 1.98. The molecule has 42 valence electrons. The van der Waals surface area contributed by atoms with Crippen LogP contribution in [0.1, 0.15) is 0 Å². The molecule has 8 heavy (non-hydrogen) atoms. The largest absolute Gasteiger partial charge is 0.280 e. The third-order valence-corrected chi connectivity index (χ3v) is 0.702. The molecule has 0 radical (unpaired) electrons. The van der Waals surface area contributed by atoms with Crippen molar-refractivity contribution >= 4 is 5.82 Å². The van der Waals surface area contributed by atoms with E-state index < -0.39 is 0 Å². The summed E-state index contributed by atoms with van der Waals surface area (Å²) in [7, 11) is 0. The fourth-order valence-electron chi connectivity index (χ4n) is 0.382. The van der Waals surface area contributed by atoms with Crippen LogP contribution in [0.4, 0.5) is 5.82 Å². The highest BCUT2D eigenvalue weighted by Gasteiger charge is 1.87. The minimum Gasteiger partial charge on any atom is -0.280 e. The summed E-state index contributed by atoms with van der Waals surface area (Å²) in [5.74, 6) is 0.245. The Bertz CT molecular complexity index is 233. The quantitative estimate of drug-likeness (QED) is 0.450. The number of aromatic nitrogens is 2. The molecule has 0 unspecified atom stereocenters. The fraction of sp³-hybridized carbons (Fsp3) is 0. The second kappa shape index (κ2) is 1.61. The summed E-state index contributed by atoms with van der Waals surface area (Å²) in [6, 6.07) is 1.20. The van der Waals surface area contributed by atoms with E-state index in [1.165, 1.54) is 6.07 Å². The minimum absolute atomic E-state index is 0.245. The van der Waals surface area contributed by atoms with Gasteiger partial charge in [0.15, 0.2) is 5.82 Å². The number of H-pyrrole nitrogens is 2. The van der Waals surface area contributed by atoms with Crippen molar-refractivity contribution in [3.05, 3.63) is 16.4 Å². The van der Waals surface area contributed by atoms with Gasteiger partial charge in [-0.05, 0) is 0 Å². The standard InChI is InChI=1S/C3H4N4O/c4-5-2-1-3(8)7-6-2/h1,4H,(H2,6,7,8). The molecule has 0 saturated carbocycles. The first kappa shape index (κ1) is 4.76. The van der Waals surface area contributed by atoms with Gasteiger partial charge in [0, 0.05) is 0 Å². The van der Waals surface area contributed by atoms with Crippen molar-refractivity contribution in [1.82, 2.24) is 10.2 Å². The fourth-order valence-corrected chi connectivity index (χ4v) is 0.382. The zero-order chi connectivity index (χ0) is 5.98. The lowest BCUT2D eigenvalue weighted by atomic mass is 10.7. The minimum atomic E-state index is -0.268. The molecule has 0 bridgehead atoms. The maximum atomic E-state index is 10.2. The van der Waals surface area contributed by atoms with Crippen molar-refractivity contribution in [3.63, 3.8) is 0 Å². The molecule has 1 heterocycles. The molecule has 0 fully saturated rings. The van der Waals surface area contributed by atoms with E-state index in [0.29, 0.717) is 0 Å². The molecule has 0 amide bonds. The van der Waals surface area contributed by atoms with E-state index in [4.69, 9.17) is 5.53 Å². The van der Waals surface area contributed by atoms with Crippen LogP contribution in [-0.2, 0) is 0 Å². The average Bonchev–Trinajstić information content (AvgIpc) is 2.14. The molecule has 1 aromatic rings. The summed E-state index contributed by atoms with van der Waals surface area (Å²) in [5, 5.41) is 7.54. The van der Waals surface area contributed by atoms with Crippen LogP contribution in [0.2, 0.25) is 0 Å². The van der Waals surface area contributed by atoms with Crippen molar-refractivity contribution < 1.29 is 0 Å². The molecule has 0 aliphatic carbocycles. The van der Waals surface area contributed by atoms with E-state index >= 15 is 0 Å². The number of rotatable bonds is 1. The normalized spacial score (nSPS) is 9.00. The van der Waals surface area contributed by atoms with Gasteiger partial charge in [0.2, 0.25) is 0 Å². The van der Waals surface area contributed by atoms with E-state index in [2.05, 4.69) is 15.3 Å². The highest BCUT2D eigenvalue weighted by Crippen LogP contribution is 1.96. The van der Waals surface area contributed by atoms with Gasteiger partial charge < -0.3 is 0 Å². The topological polar surface area (TPSA) is 84.9 Å². The predicted molar refractivity (Wildman–Crippen MR) is 26.2 cm³/mol. The molecule has 0 aliphatic rings. The van der Waals surface area contributed by atoms with E-state index in [1.54, 1.807) is 0 Å². The Kier molecular flexibility index (Phi) is 0.957. The molecule has 0 atom stereocenters. The molecule has 5 heteroatoms. The van der Waals surface area contributed by atoms with E-state index in [1.807, 2.05) is 0 Å². The molecule has 0 spiro atoms. The molecule has 1 aromatic heterocycles. The van der Waals surface area contributed by atoms with Gasteiger partial charge in [0.05, 0.1) is 6.07 Å². The van der Waals surface area contributed by atoms with Crippen LogP contribution in [0, 0.1) is 5.53 Å². The molecule has 0 aromatic carbocycles. The van der Waals surface area contributed by atoms with Gasteiger partial charge in [-0.15, -0.1) is 5.11 Å². The molecule has 3 N–H and O–H groups in total. The number of aromatic amines is 2. The number of nitrogens with one attached hydrogen (secondary N) is 3. The zero-order valence-electron chi connectivity index (χ0n) is 3.93. The number of hydrogen-bond donors (Lipinski definition) is 3. The lowest BCUT2D eigenvalue weighted by molar-refractivity contribution is 1.01. The SMILES string of the molecule is N=Nc1cc(=O)[nH][nH]1. The maximum Gasteiger partial charge on any atom is 0.266 e. The second-order valence-corrected chi connectivity index (χ2v) is 1.26. The van der Waals surface area contributed by atoms with Crippen molar-refractivity contribution in [2.45, 2.75) is 0 Å². The Hall–Kier alpha value is -1.39. The summed E-state index contributed by atoms with van der Waals surface area (Å²) in [6.07, 6.45) is 0. The van der Waals surface area contributed by atoms with Crippen LogP contribution in [-0.4, -0.2) is 10.2 Å². The van der Waals surface area contributed by atoms with Crippen LogP contribution in [0.15, 0.2) is 16.0 Å². The van der Waals surface area contributed by atoms with Gasteiger partial charge >= 0.3 is 0 Å². The molecule has 1 rings (SSSR count). The monoisotopic (exact) mass is 112 g/mol. The first-order valence-electron chi connectivity index (χ1n) is 1.98. The summed E-state index contributed by atoms with van der Waals surface area (Å²) < 4.78 is 0. The zero-order valence-corrected chi connectivity index (χ0v) is 3.93. The average molecular weight is 112 g/mol. The summed E-state index contributed by atoms with van der Waals surface area (Å²) in [5.41, 5.74) is 6.12. The third kappa shape index (κ3) is 0.651. The lowest BCUT2D eigenvalue weighted by Gasteiger charge is -1.71. The highest BCUT2D eigenvalue weighted by atomic mass is 16.1. The molecule has 0 aliphatic heterocycles. The van der Waals surface area contributed by atoms with Gasteiger partial charge in [-0.1, -0.05) is 0 Å². The highest BCUT2D eigenvalue weighted by molar-refractivity contribution is 5.20. The van der Waals surface area contributed by atoms with E-state index in [9.17, 15) is 4.79 Å². The van der Waals surface area contributed by atoms with Crippen LogP contribution >= 0.6 is 0 Å². The number of nitrogens with zero attached hydrogens (tertiary/aromatic N) is 1. The number of hydrogen-bond acceptors (Lipinski definition) is 3. The lowest BCUT2D eigenvalue weighted by Crippen LogP contribution is -1.93. The van der Waals surface area contributed by atoms with Crippen LogP contribution < -0.4 is 5.56 Å². The van der Waals surface area contributed by atoms with Crippen LogP contribution in [0.5, 0.6) is 0 Å². The Morgan fingerprint density at radius 3 is 2.62 bits per heavy atom. The Labute approximate surface area is 44.2 Å². The van der Waals surface area contributed by atoms with Gasteiger partial charge in [-0.25, -0.2) is 5.53 Å². The Morgan fingerprint density at radius 2 is 2.38 bits per heavy atom. The van der Waals surface area contributed by atoms with Crippen molar-refractivity contribution in [2.75, 3.05) is 0 Å². The van der Waals surface area contributed by atoms with E-state index in [-0.39, 0.29) is 11.4 Å². The molecule has 0 saturated heterocycles. The van der Waals surface area contributed by atoms with Gasteiger partial charge in [0.1, 0.15) is 0 Å². The molecular formula is C3H4N4O. The second-order valence-electron chi connectivity index (χ2n) is 1.26. The third-order valence-electron chi connectivity index (χ3n) is 0.702. The van der Waals surface area contributed by atoms with Crippen molar-refractivity contribution in [3.8, 4) is 0 Å². The first-order chi connectivity index (χ1) is 3.83. The molecule has 5 nitrogen and oxygen atoms in total. The van der Waals surface area contributed by atoms with Gasteiger partial charge in [-0.3, -0.25) is 15.0 Å². The predicted octanol–water partition coefficient (Wildman–Crippen LogP) is 0.365. The van der Waals surface area contributed by atoms with E-state index in [0.717, 1.165) is 0 Å². The summed E-state index contributed by atoms with van der Waals surface area (Å²) in [6.45, 7) is 0. The molecular weight excluding hydrogens is 108 g/mol. The van der Waals surface area contributed by atoms with Gasteiger partial charge in [-0.2, -0.15) is 0 Å². The van der Waals surface area contributed by atoms with Crippen LogP contribution in [0.25, 0.3) is 0 Å². The maximum absolute atomic E-state index is 10.2. The summed E-state index contributed by atoms with van der Waals surface area (Å²) >= 11 is 0. The van der Waals surface area contributed by atoms with Crippen molar-refractivity contribution in [2.24, 2.45) is 5.11 Å². The Morgan fingerprint density at radius 1 is 1.62 bits per heavy atom. The summed E-state index contributed by atoms with van der Waals surface area (Å²) in [4.78, 5) is 10.2. The Balaban J connectivity index is 3.18. The smallest absolute Gasteiger partial charge is 0.266 e.